The first-order valence-corrected chi connectivity index (χ1v) is 7.18. The van der Waals surface area contributed by atoms with E-state index in [0.29, 0.717) is 17.9 Å². The monoisotopic (exact) mass is 357 g/mol. The number of nitrogens with one attached hydrogen (secondary N) is 2. The highest BCUT2D eigenvalue weighted by Gasteiger charge is 2.37. The molecular formula is C11H18F3N5O3S. The number of alkyl halides is 3. The number of hydrogen-bond acceptors (Lipinski definition) is 6. The van der Waals surface area contributed by atoms with E-state index in [1.165, 1.54) is 0 Å². The minimum Gasteiger partial charge on any atom is -0.391 e. The van der Waals surface area contributed by atoms with Gasteiger partial charge in [-0.05, 0) is 6.42 Å². The number of rotatable bonds is 5. The van der Waals surface area contributed by atoms with Crippen LogP contribution in [0, 0.1) is 0 Å². The van der Waals surface area contributed by atoms with Crippen LogP contribution in [0.4, 0.5) is 23.1 Å². The molecule has 0 saturated heterocycles. The maximum Gasteiger partial charge on any atom is 0.434 e. The highest BCUT2D eigenvalue weighted by atomic mass is 32.1. The maximum absolute atomic E-state index is 12.4. The van der Waals surface area contributed by atoms with Crippen LogP contribution in [0.3, 0.4) is 0 Å². The first kappa shape index (κ1) is 21.1. The number of urea groups is 1. The van der Waals surface area contributed by atoms with Crippen LogP contribution >= 0.6 is 11.3 Å². The number of nitrogens with zero attached hydrogens (tertiary/aromatic N) is 1. The number of amides is 3. The molecule has 23 heavy (non-hydrogen) atoms. The molecule has 7 N–H and O–H groups in total. The molecule has 0 aromatic carbocycles. The molecule has 0 unspecified atom stereocenters. The second kappa shape index (κ2) is 9.97. The summed E-state index contributed by atoms with van der Waals surface area (Å²) in [6, 6.07) is -0.443. The lowest BCUT2D eigenvalue weighted by molar-refractivity contribution is -0.141. The minimum absolute atomic E-state index is 0.230. The van der Waals surface area contributed by atoms with Gasteiger partial charge < -0.3 is 27.2 Å². The number of aromatic nitrogens is 1. The molecule has 1 rings (SSSR count). The average molecular weight is 357 g/mol. The van der Waals surface area contributed by atoms with Gasteiger partial charge in [-0.15, -0.1) is 0 Å². The summed E-state index contributed by atoms with van der Waals surface area (Å²) in [6.07, 6.45) is -3.72. The highest BCUT2D eigenvalue weighted by molar-refractivity contribution is 7.15. The Labute approximate surface area is 134 Å². The van der Waals surface area contributed by atoms with Crippen LogP contribution in [-0.2, 0) is 17.6 Å². The van der Waals surface area contributed by atoms with Gasteiger partial charge in [0.2, 0.25) is 5.91 Å². The lowest BCUT2D eigenvalue weighted by Crippen LogP contribution is -2.29. The lowest BCUT2D eigenvalue weighted by atomic mass is 10.3. The fourth-order valence-electron chi connectivity index (χ4n) is 1.15. The number of hydrogen-bond donors (Lipinski definition) is 5. The Kier molecular flexibility index (Phi) is 9.14. The molecular weight excluding hydrogens is 339 g/mol. The number of halogens is 3. The zero-order chi connectivity index (χ0) is 18.0. The number of anilines is 1. The van der Waals surface area contributed by atoms with Crippen LogP contribution in [0.15, 0.2) is 0 Å². The van der Waals surface area contributed by atoms with Crippen molar-refractivity contribution < 1.29 is 27.9 Å². The number of aliphatic hydroxyl groups is 1. The van der Waals surface area contributed by atoms with Crippen molar-refractivity contribution in [2.75, 3.05) is 18.4 Å². The van der Waals surface area contributed by atoms with Crippen molar-refractivity contribution in [3.63, 3.8) is 0 Å². The summed E-state index contributed by atoms with van der Waals surface area (Å²) in [4.78, 5) is 23.5. The van der Waals surface area contributed by atoms with Gasteiger partial charge >= 0.3 is 12.2 Å². The third-order valence-electron chi connectivity index (χ3n) is 2.09. The van der Waals surface area contributed by atoms with Crippen molar-refractivity contribution in [2.45, 2.75) is 26.1 Å². The van der Waals surface area contributed by atoms with E-state index in [4.69, 9.17) is 16.6 Å². The molecule has 0 spiro atoms. The molecule has 1 heterocycles. The van der Waals surface area contributed by atoms with Gasteiger partial charge in [-0.2, -0.15) is 13.2 Å². The van der Waals surface area contributed by atoms with Gasteiger partial charge in [-0.25, -0.2) is 9.78 Å². The molecule has 0 aliphatic carbocycles. The van der Waals surface area contributed by atoms with Gasteiger partial charge in [0.1, 0.15) is 0 Å². The van der Waals surface area contributed by atoms with Crippen LogP contribution in [0.1, 0.15) is 23.9 Å². The highest BCUT2D eigenvalue weighted by Crippen LogP contribution is 2.35. The molecule has 0 atom stereocenters. The predicted molar refractivity (Wildman–Crippen MR) is 78.6 cm³/mol. The summed E-state index contributed by atoms with van der Waals surface area (Å²) in [7, 11) is 0. The number of carbonyl (C=O) groups is 2. The van der Waals surface area contributed by atoms with Crippen LogP contribution < -0.4 is 22.1 Å². The lowest BCUT2D eigenvalue weighted by Gasteiger charge is -2.03. The number of thiazole rings is 1. The van der Waals surface area contributed by atoms with Gasteiger partial charge in [0.25, 0.3) is 0 Å². The molecule has 132 valence electrons. The number of primary amides is 1. The van der Waals surface area contributed by atoms with Crippen molar-refractivity contribution in [1.29, 1.82) is 0 Å². The summed E-state index contributed by atoms with van der Waals surface area (Å²) in [5.74, 6) is -0.646. The first-order valence-electron chi connectivity index (χ1n) is 6.36. The van der Waals surface area contributed by atoms with Crippen LogP contribution in [0.25, 0.3) is 0 Å². The molecule has 0 aliphatic rings. The summed E-state index contributed by atoms with van der Waals surface area (Å²) in [6.45, 7) is 1.51. The van der Waals surface area contributed by atoms with Gasteiger partial charge in [0.15, 0.2) is 10.8 Å². The van der Waals surface area contributed by atoms with Gasteiger partial charge in [-0.3, -0.25) is 4.79 Å². The second-order valence-electron chi connectivity index (χ2n) is 3.99. The molecule has 0 saturated carbocycles. The standard InChI is InChI=1S/C7H8F3N3O2S.C4H10N2O/c8-7(9,10)5-3(2-14)16-6(13-5)12-4(15)1-11;1-2-3-6-4(5)7/h14H,1-2,11H2,(H,12,13,15);2-3H2,1H3,(H3,5,6,7). The number of carbonyl (C=O) groups excluding carboxylic acids is 2. The molecule has 3 amide bonds. The van der Waals surface area contributed by atoms with Crippen LogP contribution in [0.5, 0.6) is 0 Å². The Bertz CT molecular complexity index is 521. The van der Waals surface area contributed by atoms with E-state index in [9.17, 15) is 22.8 Å². The Hall–Kier alpha value is -1.92. The molecule has 0 bridgehead atoms. The first-order chi connectivity index (χ1) is 10.6. The van der Waals surface area contributed by atoms with Crippen LogP contribution in [-0.4, -0.2) is 35.1 Å². The molecule has 0 aliphatic heterocycles. The van der Waals surface area contributed by atoms with Gasteiger partial charge in [-0.1, -0.05) is 18.3 Å². The molecule has 12 heteroatoms. The fourth-order valence-corrected chi connectivity index (χ4v) is 2.01. The largest absolute Gasteiger partial charge is 0.434 e. The number of nitrogens with two attached hydrogens (primary N) is 2. The summed E-state index contributed by atoms with van der Waals surface area (Å²) in [5, 5.41) is 13.0. The van der Waals surface area contributed by atoms with Crippen molar-refractivity contribution >= 4 is 28.4 Å². The van der Waals surface area contributed by atoms with Crippen molar-refractivity contribution in [1.82, 2.24) is 10.3 Å². The smallest absolute Gasteiger partial charge is 0.391 e. The van der Waals surface area contributed by atoms with Gasteiger partial charge in [0, 0.05) is 6.54 Å². The fraction of sp³-hybridized carbons (Fsp3) is 0.545. The van der Waals surface area contributed by atoms with E-state index in [1.54, 1.807) is 0 Å². The normalized spacial score (nSPS) is 10.5. The molecule has 1 aromatic heterocycles. The molecule has 0 fully saturated rings. The Morgan fingerprint density at radius 2 is 2.00 bits per heavy atom. The topological polar surface area (TPSA) is 143 Å². The Morgan fingerprint density at radius 1 is 1.39 bits per heavy atom. The Balaban J connectivity index is 0.000000585. The quantitative estimate of drug-likeness (QED) is 0.525. The van der Waals surface area contributed by atoms with Crippen molar-refractivity contribution in [3.05, 3.63) is 10.6 Å². The van der Waals surface area contributed by atoms with E-state index < -0.39 is 30.4 Å². The van der Waals surface area contributed by atoms with E-state index in [2.05, 4.69) is 15.6 Å². The minimum atomic E-state index is -4.65. The second-order valence-corrected chi connectivity index (χ2v) is 5.07. The third kappa shape index (κ3) is 8.32. The van der Waals surface area contributed by atoms with E-state index >= 15 is 0 Å². The zero-order valence-corrected chi connectivity index (χ0v) is 13.1. The Morgan fingerprint density at radius 3 is 2.30 bits per heavy atom. The number of aliphatic hydroxyl groups excluding tert-OH is 1. The summed E-state index contributed by atoms with van der Waals surface area (Å²) in [5.41, 5.74) is 8.52. The summed E-state index contributed by atoms with van der Waals surface area (Å²) < 4.78 is 37.1. The third-order valence-corrected chi connectivity index (χ3v) is 3.05. The SMILES string of the molecule is CCCNC(N)=O.NCC(=O)Nc1nc(C(F)(F)F)c(CO)s1. The van der Waals surface area contributed by atoms with E-state index in [0.717, 1.165) is 6.42 Å². The molecule has 0 radical (unpaired) electrons. The van der Waals surface area contributed by atoms with E-state index in [1.807, 2.05) is 6.92 Å². The predicted octanol–water partition coefficient (Wildman–Crippen LogP) is 0.616. The average Bonchev–Trinajstić information content (AvgIpc) is 2.88. The van der Waals surface area contributed by atoms with Gasteiger partial charge in [0.05, 0.1) is 18.0 Å². The van der Waals surface area contributed by atoms with Crippen LogP contribution in [0.2, 0.25) is 0 Å². The van der Waals surface area contributed by atoms with Crippen molar-refractivity contribution in [2.24, 2.45) is 11.5 Å². The zero-order valence-electron chi connectivity index (χ0n) is 12.2. The summed E-state index contributed by atoms with van der Waals surface area (Å²) >= 11 is 0.561. The maximum atomic E-state index is 12.4. The van der Waals surface area contributed by atoms with Crippen molar-refractivity contribution in [3.8, 4) is 0 Å². The molecule has 8 nitrogen and oxygen atoms in total. The van der Waals surface area contributed by atoms with E-state index in [-0.39, 0.29) is 16.6 Å². The molecule has 1 aromatic rings.